The van der Waals surface area contributed by atoms with Gasteiger partial charge >= 0.3 is 5.97 Å². The number of piperidine rings is 1. The Bertz CT molecular complexity index is 650. The number of oxazole rings is 1. The average Bonchev–Trinajstić information content (AvgIpc) is 3.15. The molecule has 6 N–H and O–H groups in total. The molecule has 1 aromatic rings. The summed E-state index contributed by atoms with van der Waals surface area (Å²) in [7, 11) is 0. The van der Waals surface area contributed by atoms with Crippen LogP contribution in [0, 0.1) is 0 Å². The Morgan fingerprint density at radius 1 is 1.52 bits per heavy atom. The molecular weight excluding hydrogens is 352 g/mol. The number of carbonyl (C=O) groups excluding carboxylic acids is 2. The molecule has 27 heavy (non-hydrogen) atoms. The third-order valence-corrected chi connectivity index (χ3v) is 4.22. The van der Waals surface area contributed by atoms with E-state index in [2.05, 4.69) is 20.6 Å². The van der Waals surface area contributed by atoms with Crippen molar-refractivity contribution >= 4 is 17.8 Å². The number of rotatable bonds is 9. The van der Waals surface area contributed by atoms with Crippen molar-refractivity contribution in [2.24, 2.45) is 16.5 Å². The van der Waals surface area contributed by atoms with Crippen LogP contribution in [0.5, 0.6) is 0 Å². The maximum absolute atomic E-state index is 12.5. The molecule has 10 nitrogen and oxygen atoms in total. The van der Waals surface area contributed by atoms with Crippen LogP contribution in [0.1, 0.15) is 54.9 Å². The third kappa shape index (κ3) is 6.55. The number of esters is 1. The van der Waals surface area contributed by atoms with Gasteiger partial charge in [-0.3, -0.25) is 9.79 Å². The second kappa shape index (κ2) is 10.5. The number of aromatic nitrogens is 1. The second-order valence-corrected chi connectivity index (χ2v) is 6.34. The first-order chi connectivity index (χ1) is 13.0. The van der Waals surface area contributed by atoms with Crippen molar-refractivity contribution in [3.05, 3.63) is 17.8 Å². The normalized spacial score (nSPS) is 17.7. The lowest BCUT2D eigenvalue weighted by Crippen LogP contribution is -2.42. The number of hydrogen-bond donors (Lipinski definition) is 4. The molecule has 0 saturated carbocycles. The zero-order valence-electron chi connectivity index (χ0n) is 15.6. The van der Waals surface area contributed by atoms with Crippen LogP contribution in [0.2, 0.25) is 0 Å². The molecule has 0 radical (unpaired) electrons. The maximum Gasteiger partial charge on any atom is 0.328 e. The molecule has 0 spiro atoms. The largest absolute Gasteiger partial charge is 0.464 e. The van der Waals surface area contributed by atoms with Gasteiger partial charge in [0.2, 0.25) is 0 Å². The van der Waals surface area contributed by atoms with Crippen LogP contribution >= 0.6 is 0 Å². The van der Waals surface area contributed by atoms with Gasteiger partial charge in [0.1, 0.15) is 12.3 Å². The van der Waals surface area contributed by atoms with Crippen LogP contribution in [0.25, 0.3) is 0 Å². The van der Waals surface area contributed by atoms with E-state index in [4.69, 9.17) is 20.6 Å². The molecule has 1 saturated heterocycles. The first-order valence-electron chi connectivity index (χ1n) is 9.20. The number of ether oxygens (including phenoxy) is 1. The highest BCUT2D eigenvalue weighted by Gasteiger charge is 2.26. The number of guanidine groups is 1. The molecule has 1 fully saturated rings. The molecule has 10 heteroatoms. The Hall–Kier alpha value is -2.62. The summed E-state index contributed by atoms with van der Waals surface area (Å²) < 4.78 is 10.5. The van der Waals surface area contributed by atoms with Gasteiger partial charge < -0.3 is 31.3 Å². The third-order valence-electron chi connectivity index (χ3n) is 4.22. The molecular formula is C17H28N6O4. The predicted octanol–water partition coefficient (Wildman–Crippen LogP) is -0.143. The Morgan fingerprint density at radius 3 is 3.00 bits per heavy atom. The van der Waals surface area contributed by atoms with Crippen molar-refractivity contribution in [3.8, 4) is 0 Å². The standard InChI is InChI=1S/C17H28N6O4/c1-2-26-16(25)12(6-4-8-21-17(18)19)22-14(24)13-10-27-15(23-13)11-5-3-7-20-9-11/h10-12,20H,2-9H2,1H3,(H,22,24)(H4,18,19,21). The minimum atomic E-state index is -0.803. The molecule has 2 atom stereocenters. The summed E-state index contributed by atoms with van der Waals surface area (Å²) in [4.78, 5) is 32.7. The molecule has 2 rings (SSSR count). The summed E-state index contributed by atoms with van der Waals surface area (Å²) in [5.74, 6) is -0.308. The SMILES string of the molecule is CCOC(=O)C(CCCN=C(N)N)NC(=O)c1coc(C2CCCNC2)n1. The fourth-order valence-electron chi connectivity index (χ4n) is 2.87. The van der Waals surface area contributed by atoms with Gasteiger partial charge in [0, 0.05) is 19.0 Å². The molecule has 2 heterocycles. The lowest BCUT2D eigenvalue weighted by molar-refractivity contribution is -0.145. The summed E-state index contributed by atoms with van der Waals surface area (Å²) in [6, 6.07) is -0.803. The Labute approximate surface area is 158 Å². The van der Waals surface area contributed by atoms with Crippen LogP contribution < -0.4 is 22.1 Å². The number of carbonyl (C=O) groups is 2. The summed E-state index contributed by atoms with van der Waals surface area (Å²) in [5, 5.41) is 5.94. The van der Waals surface area contributed by atoms with Crippen LogP contribution in [-0.4, -0.2) is 55.1 Å². The second-order valence-electron chi connectivity index (χ2n) is 6.34. The molecule has 150 valence electrons. The van der Waals surface area contributed by atoms with Gasteiger partial charge in [-0.15, -0.1) is 0 Å². The van der Waals surface area contributed by atoms with Gasteiger partial charge in [0.25, 0.3) is 5.91 Å². The van der Waals surface area contributed by atoms with E-state index in [0.29, 0.717) is 25.3 Å². The maximum atomic E-state index is 12.5. The smallest absolute Gasteiger partial charge is 0.328 e. The van der Waals surface area contributed by atoms with Gasteiger partial charge in [-0.05, 0) is 39.2 Å². The van der Waals surface area contributed by atoms with E-state index in [1.807, 2.05) is 0 Å². The molecule has 1 amide bonds. The zero-order chi connectivity index (χ0) is 19.6. The van der Waals surface area contributed by atoms with Crippen molar-refractivity contribution in [1.82, 2.24) is 15.6 Å². The molecule has 1 aromatic heterocycles. The van der Waals surface area contributed by atoms with Crippen molar-refractivity contribution in [3.63, 3.8) is 0 Å². The fraction of sp³-hybridized carbons (Fsp3) is 0.647. The van der Waals surface area contributed by atoms with Crippen molar-refractivity contribution < 1.29 is 18.7 Å². The van der Waals surface area contributed by atoms with Crippen molar-refractivity contribution in [2.75, 3.05) is 26.2 Å². The molecule has 2 unspecified atom stereocenters. The Balaban J connectivity index is 1.96. The van der Waals surface area contributed by atoms with E-state index < -0.39 is 17.9 Å². The Morgan fingerprint density at radius 2 is 2.33 bits per heavy atom. The minimum absolute atomic E-state index is 0.0148. The number of aliphatic imine (C=N–C) groups is 1. The number of nitrogens with two attached hydrogens (primary N) is 2. The zero-order valence-corrected chi connectivity index (χ0v) is 15.6. The van der Waals surface area contributed by atoms with E-state index in [1.165, 1.54) is 6.26 Å². The highest BCUT2D eigenvalue weighted by molar-refractivity contribution is 5.94. The predicted molar refractivity (Wildman–Crippen MR) is 99.1 cm³/mol. The number of nitrogens with zero attached hydrogens (tertiary/aromatic N) is 2. The van der Waals surface area contributed by atoms with E-state index in [9.17, 15) is 9.59 Å². The molecule has 1 aliphatic heterocycles. The van der Waals surface area contributed by atoms with Crippen LogP contribution in [0.3, 0.4) is 0 Å². The fourth-order valence-corrected chi connectivity index (χ4v) is 2.87. The first kappa shape index (κ1) is 20.7. The van der Waals surface area contributed by atoms with E-state index >= 15 is 0 Å². The average molecular weight is 380 g/mol. The van der Waals surface area contributed by atoms with Gasteiger partial charge in [-0.2, -0.15) is 0 Å². The first-order valence-corrected chi connectivity index (χ1v) is 9.20. The molecule has 0 bridgehead atoms. The summed E-state index contributed by atoms with van der Waals surface area (Å²) in [6.45, 7) is 4.04. The monoisotopic (exact) mass is 380 g/mol. The number of amides is 1. The van der Waals surface area contributed by atoms with Gasteiger partial charge in [-0.1, -0.05) is 0 Å². The number of hydrogen-bond acceptors (Lipinski definition) is 7. The van der Waals surface area contributed by atoms with E-state index in [-0.39, 0.29) is 24.2 Å². The highest BCUT2D eigenvalue weighted by Crippen LogP contribution is 2.22. The highest BCUT2D eigenvalue weighted by atomic mass is 16.5. The summed E-state index contributed by atoms with van der Waals surface area (Å²) in [5.41, 5.74) is 10.7. The minimum Gasteiger partial charge on any atom is -0.464 e. The molecule has 0 aromatic carbocycles. The van der Waals surface area contributed by atoms with Crippen LogP contribution in [0.15, 0.2) is 15.7 Å². The molecule has 0 aliphatic carbocycles. The lowest BCUT2D eigenvalue weighted by atomic mass is 10.00. The summed E-state index contributed by atoms with van der Waals surface area (Å²) >= 11 is 0. The van der Waals surface area contributed by atoms with E-state index in [0.717, 1.165) is 25.9 Å². The van der Waals surface area contributed by atoms with Gasteiger partial charge in [-0.25, -0.2) is 9.78 Å². The Kier molecular flexibility index (Phi) is 8.05. The van der Waals surface area contributed by atoms with Crippen LogP contribution in [0.4, 0.5) is 0 Å². The van der Waals surface area contributed by atoms with E-state index in [1.54, 1.807) is 6.92 Å². The van der Waals surface area contributed by atoms with Gasteiger partial charge in [0.15, 0.2) is 17.5 Å². The lowest BCUT2D eigenvalue weighted by Gasteiger charge is -2.19. The molecule has 1 aliphatic rings. The van der Waals surface area contributed by atoms with Crippen molar-refractivity contribution in [2.45, 2.75) is 44.6 Å². The quantitative estimate of drug-likeness (QED) is 0.199. The number of nitrogens with one attached hydrogen (secondary N) is 2. The summed E-state index contributed by atoms with van der Waals surface area (Å²) in [6.07, 6.45) is 4.18. The van der Waals surface area contributed by atoms with Crippen molar-refractivity contribution in [1.29, 1.82) is 0 Å². The topological polar surface area (TPSA) is 158 Å². The van der Waals surface area contributed by atoms with Crippen LogP contribution in [-0.2, 0) is 9.53 Å². The van der Waals surface area contributed by atoms with Gasteiger partial charge in [0.05, 0.1) is 6.61 Å².